The average molecular weight is 389 g/mol. The Bertz CT molecular complexity index is 821. The van der Waals surface area contributed by atoms with Crippen molar-refractivity contribution in [3.05, 3.63) is 53.1 Å². The Morgan fingerprint density at radius 3 is 2.50 bits per heavy atom. The van der Waals surface area contributed by atoms with E-state index in [9.17, 15) is 0 Å². The SMILES string of the molecule is S=C(Nc1ccc2c(c1)OCCO2)NC1(c2ccccc2Cl)CCCC1. The molecule has 0 unspecified atom stereocenters. The minimum absolute atomic E-state index is 0.212. The van der Waals surface area contributed by atoms with Crippen molar-refractivity contribution in [1.82, 2.24) is 5.32 Å². The molecule has 1 fully saturated rings. The van der Waals surface area contributed by atoms with Crippen LogP contribution in [0.25, 0.3) is 0 Å². The van der Waals surface area contributed by atoms with Gasteiger partial charge in [0, 0.05) is 16.8 Å². The van der Waals surface area contributed by atoms with Crippen LogP contribution in [0.3, 0.4) is 0 Å². The van der Waals surface area contributed by atoms with E-state index >= 15 is 0 Å². The number of benzene rings is 2. The van der Waals surface area contributed by atoms with E-state index in [1.54, 1.807) is 0 Å². The lowest BCUT2D eigenvalue weighted by molar-refractivity contribution is 0.171. The maximum Gasteiger partial charge on any atom is 0.171 e. The van der Waals surface area contributed by atoms with E-state index in [0.29, 0.717) is 18.3 Å². The van der Waals surface area contributed by atoms with Crippen LogP contribution in [-0.4, -0.2) is 18.3 Å². The van der Waals surface area contributed by atoms with Crippen LogP contribution >= 0.6 is 23.8 Å². The molecule has 1 aliphatic heterocycles. The molecule has 2 aromatic carbocycles. The molecule has 0 saturated heterocycles. The lowest BCUT2D eigenvalue weighted by atomic mass is 9.88. The van der Waals surface area contributed by atoms with Crippen LogP contribution in [0.4, 0.5) is 5.69 Å². The van der Waals surface area contributed by atoms with Gasteiger partial charge in [0.2, 0.25) is 0 Å². The Morgan fingerprint density at radius 1 is 1.00 bits per heavy atom. The summed E-state index contributed by atoms with van der Waals surface area (Å²) >= 11 is 12.1. The van der Waals surface area contributed by atoms with Gasteiger partial charge in [-0.1, -0.05) is 42.6 Å². The molecule has 0 radical (unpaired) electrons. The standard InChI is InChI=1S/C20H21ClN2O2S/c21-16-6-2-1-5-15(16)20(9-3-4-10-20)23-19(26)22-14-7-8-17-18(13-14)25-12-11-24-17/h1-2,5-8,13H,3-4,9-12H2,(H2,22,23,26). The van der Waals surface area contributed by atoms with Crippen LogP contribution in [0.15, 0.2) is 42.5 Å². The summed E-state index contributed by atoms with van der Waals surface area (Å²) < 4.78 is 11.2. The average Bonchev–Trinajstić information content (AvgIpc) is 3.11. The summed E-state index contributed by atoms with van der Waals surface area (Å²) in [5.41, 5.74) is 1.78. The van der Waals surface area contributed by atoms with Gasteiger partial charge in [0.05, 0.1) is 5.54 Å². The fraction of sp³-hybridized carbons (Fsp3) is 0.350. The molecule has 2 N–H and O–H groups in total. The lowest BCUT2D eigenvalue weighted by Crippen LogP contribution is -2.45. The summed E-state index contributed by atoms with van der Waals surface area (Å²) in [6, 6.07) is 13.8. The van der Waals surface area contributed by atoms with Crippen molar-refractivity contribution in [2.75, 3.05) is 18.5 Å². The van der Waals surface area contributed by atoms with Gasteiger partial charge < -0.3 is 20.1 Å². The summed E-state index contributed by atoms with van der Waals surface area (Å²) in [7, 11) is 0. The van der Waals surface area contributed by atoms with E-state index in [1.807, 2.05) is 36.4 Å². The lowest BCUT2D eigenvalue weighted by Gasteiger charge is -2.33. The fourth-order valence-electron chi connectivity index (χ4n) is 3.79. The van der Waals surface area contributed by atoms with Crippen molar-refractivity contribution >= 4 is 34.6 Å². The highest BCUT2D eigenvalue weighted by Gasteiger charge is 2.37. The van der Waals surface area contributed by atoms with Gasteiger partial charge in [0.15, 0.2) is 16.6 Å². The molecule has 136 valence electrons. The van der Waals surface area contributed by atoms with Crippen LogP contribution < -0.4 is 20.1 Å². The molecule has 4 rings (SSSR count). The highest BCUT2D eigenvalue weighted by Crippen LogP contribution is 2.41. The van der Waals surface area contributed by atoms with Gasteiger partial charge in [-0.2, -0.15) is 0 Å². The molecule has 0 aromatic heterocycles. The molecular weight excluding hydrogens is 368 g/mol. The third kappa shape index (κ3) is 3.46. The number of anilines is 1. The number of ether oxygens (including phenoxy) is 2. The third-order valence-corrected chi connectivity index (χ3v) is 5.53. The zero-order valence-electron chi connectivity index (χ0n) is 14.4. The highest BCUT2D eigenvalue weighted by atomic mass is 35.5. The first-order valence-electron chi connectivity index (χ1n) is 8.90. The number of rotatable bonds is 3. The molecule has 0 amide bonds. The normalized spacial score (nSPS) is 17.6. The zero-order valence-corrected chi connectivity index (χ0v) is 16.0. The number of thiocarbonyl (C=S) groups is 1. The summed E-state index contributed by atoms with van der Waals surface area (Å²) in [5, 5.41) is 8.18. The van der Waals surface area contributed by atoms with Crippen molar-refractivity contribution < 1.29 is 9.47 Å². The zero-order chi connectivity index (χ0) is 18.0. The van der Waals surface area contributed by atoms with Crippen LogP contribution in [0, 0.1) is 0 Å². The number of halogens is 1. The molecule has 0 spiro atoms. The molecule has 2 aliphatic rings. The van der Waals surface area contributed by atoms with Gasteiger partial charge in [-0.15, -0.1) is 0 Å². The van der Waals surface area contributed by atoms with E-state index in [1.165, 1.54) is 0 Å². The first kappa shape index (κ1) is 17.4. The maximum absolute atomic E-state index is 6.48. The second-order valence-electron chi connectivity index (χ2n) is 6.71. The van der Waals surface area contributed by atoms with Gasteiger partial charge in [0.25, 0.3) is 0 Å². The van der Waals surface area contributed by atoms with Crippen molar-refractivity contribution in [2.24, 2.45) is 0 Å². The Kier molecular flexibility index (Phi) is 4.92. The van der Waals surface area contributed by atoms with Gasteiger partial charge >= 0.3 is 0 Å². The third-order valence-electron chi connectivity index (χ3n) is 5.00. The molecular formula is C20H21ClN2O2S. The highest BCUT2D eigenvalue weighted by molar-refractivity contribution is 7.80. The largest absolute Gasteiger partial charge is 0.486 e. The van der Waals surface area contributed by atoms with Crippen LogP contribution in [0.1, 0.15) is 31.2 Å². The van der Waals surface area contributed by atoms with Crippen molar-refractivity contribution in [2.45, 2.75) is 31.2 Å². The first-order valence-corrected chi connectivity index (χ1v) is 9.69. The quantitative estimate of drug-likeness (QED) is 0.734. The van der Waals surface area contributed by atoms with Crippen molar-refractivity contribution in [3.63, 3.8) is 0 Å². The Labute approximate surface area is 163 Å². The van der Waals surface area contributed by atoms with Gasteiger partial charge in [0.1, 0.15) is 13.2 Å². The predicted octanol–water partition coefficient (Wildman–Crippen LogP) is 4.87. The molecule has 1 heterocycles. The van der Waals surface area contributed by atoms with E-state index in [-0.39, 0.29) is 5.54 Å². The molecule has 0 bridgehead atoms. The summed E-state index contributed by atoms with van der Waals surface area (Å²) in [6.07, 6.45) is 4.34. The Hall–Kier alpha value is -1.98. The Morgan fingerprint density at radius 2 is 1.73 bits per heavy atom. The summed E-state index contributed by atoms with van der Waals surface area (Å²) in [5.74, 6) is 1.51. The molecule has 0 atom stereocenters. The smallest absolute Gasteiger partial charge is 0.171 e. The maximum atomic E-state index is 6.48. The van der Waals surface area contributed by atoms with Crippen LogP contribution in [-0.2, 0) is 5.54 Å². The summed E-state index contributed by atoms with van der Waals surface area (Å²) in [4.78, 5) is 0. The molecule has 1 aliphatic carbocycles. The van der Waals surface area contributed by atoms with Crippen LogP contribution in [0.2, 0.25) is 5.02 Å². The second-order valence-corrected chi connectivity index (χ2v) is 7.52. The van der Waals surface area contributed by atoms with Crippen LogP contribution in [0.5, 0.6) is 11.5 Å². The number of nitrogens with one attached hydrogen (secondary N) is 2. The number of hydrogen-bond acceptors (Lipinski definition) is 3. The monoisotopic (exact) mass is 388 g/mol. The van der Waals surface area contributed by atoms with Gasteiger partial charge in [-0.3, -0.25) is 0 Å². The van der Waals surface area contributed by atoms with Crippen molar-refractivity contribution in [3.8, 4) is 11.5 Å². The fourth-order valence-corrected chi connectivity index (χ4v) is 4.42. The minimum atomic E-state index is -0.212. The molecule has 1 saturated carbocycles. The van der Waals surface area contributed by atoms with Gasteiger partial charge in [-0.25, -0.2) is 0 Å². The number of fused-ring (bicyclic) bond motifs is 1. The minimum Gasteiger partial charge on any atom is -0.486 e. The predicted molar refractivity (Wildman–Crippen MR) is 108 cm³/mol. The van der Waals surface area contributed by atoms with E-state index in [4.69, 9.17) is 33.3 Å². The van der Waals surface area contributed by atoms with E-state index < -0.39 is 0 Å². The molecule has 4 nitrogen and oxygen atoms in total. The first-order chi connectivity index (χ1) is 12.7. The van der Waals surface area contributed by atoms with E-state index in [0.717, 1.165) is 53.5 Å². The van der Waals surface area contributed by atoms with Crippen molar-refractivity contribution in [1.29, 1.82) is 0 Å². The number of hydrogen-bond donors (Lipinski definition) is 2. The Balaban J connectivity index is 1.52. The second kappa shape index (κ2) is 7.33. The summed E-state index contributed by atoms with van der Waals surface area (Å²) in [6.45, 7) is 1.15. The van der Waals surface area contributed by atoms with Gasteiger partial charge in [-0.05, 0) is 48.8 Å². The topological polar surface area (TPSA) is 42.5 Å². The molecule has 26 heavy (non-hydrogen) atoms. The molecule has 2 aromatic rings. The van der Waals surface area contributed by atoms with E-state index in [2.05, 4.69) is 16.7 Å². The molecule has 6 heteroatoms.